The Bertz CT molecular complexity index is 916. The molecule has 4 aliphatic rings. The first-order valence-corrected chi connectivity index (χ1v) is 14.4. The Balaban J connectivity index is 1.33. The van der Waals surface area contributed by atoms with Crippen molar-refractivity contribution in [2.45, 2.75) is 130 Å². The SMILES string of the molecule is C[C@@H]1OC(CO[C@@H]2OC(CO[C@@H]3OC(CO[C@@H]4OC(CO)[C@@H](O)C(O)C4O)[C@@H](O)C(O)C3O)[C@@H](O)C(O)C2O)[C@@H](O)C(O)C1O. The van der Waals surface area contributed by atoms with Gasteiger partial charge in [0, 0.05) is 0 Å². The van der Waals surface area contributed by atoms with Crippen LogP contribution in [-0.4, -0.2) is 215 Å². The molecule has 0 spiro atoms. The van der Waals surface area contributed by atoms with Gasteiger partial charge in [-0.1, -0.05) is 0 Å². The van der Waals surface area contributed by atoms with Gasteiger partial charge in [0.1, 0.15) is 97.7 Å². The summed E-state index contributed by atoms with van der Waals surface area (Å²) in [6.45, 7) is -0.992. The van der Waals surface area contributed by atoms with Crippen LogP contribution in [0.4, 0.5) is 0 Å². The van der Waals surface area contributed by atoms with Gasteiger partial charge in [0.2, 0.25) is 0 Å². The zero-order valence-electron chi connectivity index (χ0n) is 24.0. The van der Waals surface area contributed by atoms with Crippen LogP contribution in [0.3, 0.4) is 0 Å². The van der Waals surface area contributed by atoms with Crippen molar-refractivity contribution in [2.75, 3.05) is 26.4 Å². The highest BCUT2D eigenvalue weighted by Crippen LogP contribution is 2.29. The molecule has 0 saturated carbocycles. The minimum atomic E-state index is -1.86. The van der Waals surface area contributed by atoms with Crippen molar-refractivity contribution in [3.63, 3.8) is 0 Å². The van der Waals surface area contributed by atoms with Gasteiger partial charge >= 0.3 is 0 Å². The van der Waals surface area contributed by atoms with E-state index < -0.39 is 149 Å². The van der Waals surface area contributed by atoms with Crippen LogP contribution in [0.1, 0.15) is 6.92 Å². The van der Waals surface area contributed by atoms with Gasteiger partial charge in [0.25, 0.3) is 0 Å². The summed E-state index contributed by atoms with van der Waals surface area (Å²) in [5.74, 6) is 0. The fraction of sp³-hybridized carbons (Fsp3) is 1.00. The highest BCUT2D eigenvalue weighted by atomic mass is 16.7. The number of ether oxygens (including phenoxy) is 7. The number of hydrogen-bond acceptors (Lipinski definition) is 20. The number of hydrogen-bond donors (Lipinski definition) is 13. The normalized spacial score (nSPS) is 52.9. The molecule has 20 heteroatoms. The third kappa shape index (κ3) is 7.92. The second kappa shape index (κ2) is 15.6. The van der Waals surface area contributed by atoms with Gasteiger partial charge in [-0.15, -0.1) is 0 Å². The molecule has 0 amide bonds. The lowest BCUT2D eigenvalue weighted by molar-refractivity contribution is -0.344. The van der Waals surface area contributed by atoms with E-state index in [-0.39, 0.29) is 0 Å². The summed E-state index contributed by atoms with van der Waals surface area (Å²) in [6.07, 6.45) is -31.5. The molecular weight excluding hydrogens is 620 g/mol. The molecule has 4 fully saturated rings. The van der Waals surface area contributed by atoms with Crippen LogP contribution in [0.25, 0.3) is 0 Å². The topological polar surface area (TPSA) is 328 Å². The Labute approximate surface area is 256 Å². The summed E-state index contributed by atoms with van der Waals surface area (Å²) in [5.41, 5.74) is 0. The van der Waals surface area contributed by atoms with Gasteiger partial charge in [-0.05, 0) is 6.92 Å². The summed E-state index contributed by atoms with van der Waals surface area (Å²) in [5, 5.41) is 132. The van der Waals surface area contributed by atoms with Crippen molar-refractivity contribution < 1.29 is 99.5 Å². The maximum Gasteiger partial charge on any atom is 0.186 e. The van der Waals surface area contributed by atoms with Crippen LogP contribution < -0.4 is 0 Å². The molecule has 20 nitrogen and oxygen atoms in total. The van der Waals surface area contributed by atoms with E-state index in [1.54, 1.807) is 0 Å². The molecule has 4 aliphatic heterocycles. The molecule has 0 aromatic heterocycles. The maximum absolute atomic E-state index is 10.5. The molecule has 13 N–H and O–H groups in total. The minimum Gasteiger partial charge on any atom is -0.394 e. The van der Waals surface area contributed by atoms with Crippen molar-refractivity contribution in [2.24, 2.45) is 0 Å². The van der Waals surface area contributed by atoms with Gasteiger partial charge in [0.15, 0.2) is 18.9 Å². The average Bonchev–Trinajstić information content (AvgIpc) is 3.02. The van der Waals surface area contributed by atoms with Crippen molar-refractivity contribution in [1.29, 1.82) is 0 Å². The Kier molecular flexibility index (Phi) is 12.8. The molecule has 12 unspecified atom stereocenters. The predicted octanol–water partition coefficient (Wildman–Crippen LogP) is -8.68. The highest BCUT2D eigenvalue weighted by molar-refractivity contribution is 4.94. The van der Waals surface area contributed by atoms with Crippen LogP contribution in [0.5, 0.6) is 0 Å². The Hall–Kier alpha value is -0.800. The molecule has 4 heterocycles. The van der Waals surface area contributed by atoms with Crippen LogP contribution in [0, 0.1) is 0 Å². The smallest absolute Gasteiger partial charge is 0.186 e. The average molecular weight is 665 g/mol. The van der Waals surface area contributed by atoms with Gasteiger partial charge in [-0.2, -0.15) is 0 Å². The minimum absolute atomic E-state index is 0.474. The third-order valence-electron chi connectivity index (χ3n) is 8.41. The number of aliphatic hydroxyl groups excluding tert-OH is 13. The first-order valence-electron chi connectivity index (χ1n) is 14.4. The Morgan fingerprint density at radius 1 is 0.378 bits per heavy atom. The highest BCUT2D eigenvalue weighted by Gasteiger charge is 2.50. The first kappa shape index (κ1) is 37.0. The summed E-state index contributed by atoms with van der Waals surface area (Å²) in [4.78, 5) is 0. The predicted molar refractivity (Wildman–Crippen MR) is 137 cm³/mol. The second-order valence-corrected chi connectivity index (χ2v) is 11.6. The van der Waals surface area contributed by atoms with Crippen LogP contribution in [-0.2, 0) is 33.2 Å². The first-order chi connectivity index (χ1) is 21.2. The lowest BCUT2D eigenvalue weighted by Gasteiger charge is -2.44. The van der Waals surface area contributed by atoms with E-state index in [0.29, 0.717) is 0 Å². The summed E-state index contributed by atoms with van der Waals surface area (Å²) >= 11 is 0. The third-order valence-corrected chi connectivity index (χ3v) is 8.41. The summed E-state index contributed by atoms with van der Waals surface area (Å²) in [6, 6.07) is 0. The second-order valence-electron chi connectivity index (χ2n) is 11.6. The fourth-order valence-electron chi connectivity index (χ4n) is 5.43. The van der Waals surface area contributed by atoms with Gasteiger partial charge < -0.3 is 99.5 Å². The molecule has 45 heavy (non-hydrogen) atoms. The van der Waals surface area contributed by atoms with Crippen LogP contribution in [0.15, 0.2) is 0 Å². The lowest BCUT2D eigenvalue weighted by atomic mass is 9.96. The zero-order chi connectivity index (χ0) is 33.3. The van der Waals surface area contributed by atoms with E-state index in [0.717, 1.165) is 0 Å². The van der Waals surface area contributed by atoms with E-state index in [1.165, 1.54) is 6.92 Å². The van der Waals surface area contributed by atoms with Crippen molar-refractivity contribution in [1.82, 2.24) is 0 Å². The van der Waals surface area contributed by atoms with E-state index in [4.69, 9.17) is 33.2 Å². The van der Waals surface area contributed by atoms with Gasteiger partial charge in [-0.3, -0.25) is 0 Å². The van der Waals surface area contributed by atoms with Gasteiger partial charge in [-0.25, -0.2) is 0 Å². The van der Waals surface area contributed by atoms with Crippen molar-refractivity contribution in [3.8, 4) is 0 Å². The quantitative estimate of drug-likeness (QED) is 0.103. The largest absolute Gasteiger partial charge is 0.394 e. The molecule has 0 aromatic rings. The fourth-order valence-corrected chi connectivity index (χ4v) is 5.43. The van der Waals surface area contributed by atoms with Crippen LogP contribution in [0.2, 0.25) is 0 Å². The molecular formula is C25H44O20. The monoisotopic (exact) mass is 664 g/mol. The molecule has 264 valence electrons. The van der Waals surface area contributed by atoms with Crippen molar-refractivity contribution in [3.05, 3.63) is 0 Å². The van der Waals surface area contributed by atoms with Gasteiger partial charge in [0.05, 0.1) is 32.5 Å². The number of aliphatic hydroxyl groups is 13. The molecule has 4 saturated heterocycles. The maximum atomic E-state index is 10.5. The van der Waals surface area contributed by atoms with Crippen molar-refractivity contribution >= 4 is 0 Å². The van der Waals surface area contributed by atoms with Crippen LogP contribution >= 0.6 is 0 Å². The number of rotatable bonds is 10. The van der Waals surface area contributed by atoms with E-state index >= 15 is 0 Å². The Morgan fingerprint density at radius 2 is 0.667 bits per heavy atom. The Morgan fingerprint density at radius 3 is 1.02 bits per heavy atom. The van der Waals surface area contributed by atoms with E-state index in [2.05, 4.69) is 0 Å². The molecule has 0 aliphatic carbocycles. The lowest BCUT2D eigenvalue weighted by Crippen LogP contribution is -2.63. The molecule has 0 aromatic carbocycles. The van der Waals surface area contributed by atoms with E-state index in [9.17, 15) is 66.4 Å². The summed E-state index contributed by atoms with van der Waals surface area (Å²) < 4.78 is 37.9. The molecule has 0 radical (unpaired) electrons. The summed E-state index contributed by atoms with van der Waals surface area (Å²) in [7, 11) is 0. The molecule has 0 bridgehead atoms. The van der Waals surface area contributed by atoms with E-state index in [1.807, 2.05) is 0 Å². The molecule has 20 atom stereocenters. The standard InChI is InChI=1S/C25H44O20/c1-6-11(27)16(32)13(29)8(42-6)3-39-24-21(37)18(34)15(31)10(44-24)5-41-25-22(38)19(35)14(30)9(45-25)4-40-23-20(36)17(33)12(28)7(2-26)43-23/h6-38H,2-5H2,1H3/t6-,7?,8?,9?,10?,11?,12+,13+,14+,15+,16?,17?,18?,19?,20?,21?,22?,23+,24+,25+/m0/s1. The zero-order valence-corrected chi connectivity index (χ0v) is 24.0. The molecule has 4 rings (SSSR count).